The van der Waals surface area contributed by atoms with Crippen LogP contribution in [0.1, 0.15) is 33.1 Å². The van der Waals surface area contributed by atoms with Gasteiger partial charge in [0.15, 0.2) is 0 Å². The summed E-state index contributed by atoms with van der Waals surface area (Å²) in [4.78, 5) is 23.8. The average molecular weight is 199 g/mol. The van der Waals surface area contributed by atoms with Crippen LogP contribution in [0.3, 0.4) is 0 Å². The van der Waals surface area contributed by atoms with Gasteiger partial charge in [-0.15, -0.1) is 0 Å². The molecule has 0 saturated carbocycles. The van der Waals surface area contributed by atoms with E-state index >= 15 is 0 Å². The molecule has 4 heteroatoms. The zero-order chi connectivity index (χ0) is 10.7. The molecule has 1 rings (SSSR count). The van der Waals surface area contributed by atoms with Gasteiger partial charge in [-0.3, -0.25) is 9.59 Å². The quantitative estimate of drug-likeness (QED) is 0.740. The Morgan fingerprint density at radius 1 is 1.71 bits per heavy atom. The lowest BCUT2D eigenvalue weighted by molar-refractivity contribution is -0.144. The third-order valence-corrected chi connectivity index (χ3v) is 2.76. The molecule has 0 spiro atoms. The van der Waals surface area contributed by atoms with Gasteiger partial charge in [-0.2, -0.15) is 0 Å². The summed E-state index contributed by atoms with van der Waals surface area (Å²) in [5.74, 6) is -1.22. The highest BCUT2D eigenvalue weighted by Crippen LogP contribution is 2.18. The summed E-state index contributed by atoms with van der Waals surface area (Å²) < 4.78 is 0. The van der Waals surface area contributed by atoms with Gasteiger partial charge in [0.1, 0.15) is 0 Å². The van der Waals surface area contributed by atoms with Crippen LogP contribution in [-0.4, -0.2) is 34.5 Å². The molecular formula is C10H17NO3. The lowest BCUT2D eigenvalue weighted by Gasteiger charge is -2.34. The van der Waals surface area contributed by atoms with E-state index in [0.717, 1.165) is 12.8 Å². The highest BCUT2D eigenvalue weighted by molar-refractivity contribution is 5.78. The van der Waals surface area contributed by atoms with Crippen molar-refractivity contribution < 1.29 is 14.7 Å². The number of carbonyl (C=O) groups excluding carboxylic acids is 1. The summed E-state index contributed by atoms with van der Waals surface area (Å²) in [6.45, 7) is 3.96. The number of hydrogen-bond donors (Lipinski definition) is 1. The van der Waals surface area contributed by atoms with Crippen molar-refractivity contribution in [3.05, 3.63) is 0 Å². The molecule has 0 aromatic rings. The second kappa shape index (κ2) is 4.44. The summed E-state index contributed by atoms with van der Waals surface area (Å²) >= 11 is 0. The highest BCUT2D eigenvalue weighted by atomic mass is 16.4. The topological polar surface area (TPSA) is 57.6 Å². The molecule has 1 fully saturated rings. The molecule has 0 aliphatic carbocycles. The van der Waals surface area contributed by atoms with E-state index < -0.39 is 11.9 Å². The van der Waals surface area contributed by atoms with Gasteiger partial charge >= 0.3 is 5.97 Å². The monoisotopic (exact) mass is 199 g/mol. The number of amides is 1. The first kappa shape index (κ1) is 11.0. The molecule has 2 unspecified atom stereocenters. The van der Waals surface area contributed by atoms with E-state index in [1.165, 1.54) is 0 Å². The van der Waals surface area contributed by atoms with Crippen LogP contribution in [0.15, 0.2) is 0 Å². The first-order chi connectivity index (χ1) is 6.52. The fourth-order valence-electron chi connectivity index (χ4n) is 1.75. The largest absolute Gasteiger partial charge is 0.481 e. The molecule has 0 radical (unpaired) electrons. The van der Waals surface area contributed by atoms with Crippen LogP contribution in [0.4, 0.5) is 0 Å². The number of piperidine rings is 1. The molecule has 0 aromatic heterocycles. The smallest absolute Gasteiger partial charge is 0.308 e. The molecule has 80 valence electrons. The van der Waals surface area contributed by atoms with Crippen LogP contribution in [-0.2, 0) is 9.59 Å². The number of rotatable bonds is 3. The summed E-state index contributed by atoms with van der Waals surface area (Å²) in [5.41, 5.74) is 0. The molecule has 1 heterocycles. The van der Waals surface area contributed by atoms with E-state index in [4.69, 9.17) is 5.11 Å². The van der Waals surface area contributed by atoms with Crippen molar-refractivity contribution in [1.82, 2.24) is 4.90 Å². The molecule has 14 heavy (non-hydrogen) atoms. The van der Waals surface area contributed by atoms with Crippen LogP contribution < -0.4 is 0 Å². The number of aliphatic carboxylic acids is 1. The SMILES string of the molecule is CC(CN1C(=O)CCCC1C)C(=O)O. The molecule has 1 saturated heterocycles. The average Bonchev–Trinajstić information content (AvgIpc) is 2.11. The third-order valence-electron chi connectivity index (χ3n) is 2.76. The van der Waals surface area contributed by atoms with E-state index in [1.807, 2.05) is 6.92 Å². The summed E-state index contributed by atoms with van der Waals surface area (Å²) in [6, 6.07) is 0.193. The number of likely N-dealkylation sites (tertiary alicyclic amines) is 1. The molecule has 0 bridgehead atoms. The molecule has 1 N–H and O–H groups in total. The van der Waals surface area contributed by atoms with Gasteiger partial charge in [0.05, 0.1) is 5.92 Å². The molecule has 1 aliphatic rings. The summed E-state index contributed by atoms with van der Waals surface area (Å²) in [7, 11) is 0. The van der Waals surface area contributed by atoms with E-state index in [0.29, 0.717) is 13.0 Å². The Labute approximate surface area is 83.9 Å². The van der Waals surface area contributed by atoms with Crippen molar-refractivity contribution in [2.24, 2.45) is 5.92 Å². The Morgan fingerprint density at radius 3 is 2.86 bits per heavy atom. The molecular weight excluding hydrogens is 182 g/mol. The lowest BCUT2D eigenvalue weighted by Crippen LogP contribution is -2.45. The van der Waals surface area contributed by atoms with Crippen LogP contribution in [0.25, 0.3) is 0 Å². The Hall–Kier alpha value is -1.06. The van der Waals surface area contributed by atoms with Crippen molar-refractivity contribution in [3.63, 3.8) is 0 Å². The maximum atomic E-state index is 11.5. The van der Waals surface area contributed by atoms with Crippen molar-refractivity contribution in [3.8, 4) is 0 Å². The minimum absolute atomic E-state index is 0.0943. The van der Waals surface area contributed by atoms with Crippen LogP contribution >= 0.6 is 0 Å². The fourth-order valence-corrected chi connectivity index (χ4v) is 1.75. The van der Waals surface area contributed by atoms with Gasteiger partial charge in [-0.1, -0.05) is 6.92 Å². The number of nitrogens with zero attached hydrogens (tertiary/aromatic N) is 1. The Balaban J connectivity index is 2.56. The minimum Gasteiger partial charge on any atom is -0.481 e. The van der Waals surface area contributed by atoms with Gasteiger partial charge < -0.3 is 10.0 Å². The van der Waals surface area contributed by atoms with Gasteiger partial charge in [0.25, 0.3) is 0 Å². The Morgan fingerprint density at radius 2 is 2.36 bits per heavy atom. The van der Waals surface area contributed by atoms with Crippen molar-refractivity contribution in [2.45, 2.75) is 39.2 Å². The minimum atomic E-state index is -0.837. The summed E-state index contributed by atoms with van der Waals surface area (Å²) in [5, 5.41) is 8.75. The maximum Gasteiger partial charge on any atom is 0.308 e. The van der Waals surface area contributed by atoms with Crippen LogP contribution in [0, 0.1) is 5.92 Å². The third kappa shape index (κ3) is 2.47. The predicted molar refractivity (Wildman–Crippen MR) is 51.8 cm³/mol. The fraction of sp³-hybridized carbons (Fsp3) is 0.800. The van der Waals surface area contributed by atoms with E-state index in [-0.39, 0.29) is 11.9 Å². The number of carboxylic acid groups (broad SMARTS) is 1. The molecule has 1 aliphatic heterocycles. The zero-order valence-corrected chi connectivity index (χ0v) is 8.69. The first-order valence-corrected chi connectivity index (χ1v) is 5.04. The normalized spacial score (nSPS) is 24.9. The van der Waals surface area contributed by atoms with Gasteiger partial charge in [0, 0.05) is 19.0 Å². The number of hydrogen-bond acceptors (Lipinski definition) is 2. The first-order valence-electron chi connectivity index (χ1n) is 5.04. The predicted octanol–water partition coefficient (Wildman–Crippen LogP) is 1.11. The van der Waals surface area contributed by atoms with Gasteiger partial charge in [-0.25, -0.2) is 0 Å². The second-order valence-corrected chi connectivity index (χ2v) is 4.03. The van der Waals surface area contributed by atoms with Crippen molar-refractivity contribution in [1.29, 1.82) is 0 Å². The highest BCUT2D eigenvalue weighted by Gasteiger charge is 2.27. The Kier molecular flexibility index (Phi) is 3.49. The molecule has 4 nitrogen and oxygen atoms in total. The van der Waals surface area contributed by atoms with Crippen molar-refractivity contribution in [2.75, 3.05) is 6.54 Å². The molecule has 2 atom stereocenters. The molecule has 0 aromatic carbocycles. The van der Waals surface area contributed by atoms with E-state index in [1.54, 1.807) is 11.8 Å². The Bertz CT molecular complexity index is 240. The van der Waals surface area contributed by atoms with Crippen LogP contribution in [0.2, 0.25) is 0 Å². The number of carbonyl (C=O) groups is 2. The van der Waals surface area contributed by atoms with Gasteiger partial charge in [0.2, 0.25) is 5.91 Å². The lowest BCUT2D eigenvalue weighted by atomic mass is 10.0. The molecule has 1 amide bonds. The summed E-state index contributed by atoms with van der Waals surface area (Å²) in [6.07, 6.45) is 2.48. The number of carboxylic acids is 1. The maximum absolute atomic E-state index is 11.5. The van der Waals surface area contributed by atoms with E-state index in [9.17, 15) is 9.59 Å². The standard InChI is InChI=1S/C10H17NO3/c1-7(10(13)14)6-11-8(2)4-3-5-9(11)12/h7-8H,3-6H2,1-2H3,(H,13,14). The van der Waals surface area contributed by atoms with Gasteiger partial charge in [-0.05, 0) is 19.8 Å². The zero-order valence-electron chi connectivity index (χ0n) is 8.69. The van der Waals surface area contributed by atoms with Crippen molar-refractivity contribution >= 4 is 11.9 Å². The van der Waals surface area contributed by atoms with E-state index in [2.05, 4.69) is 0 Å². The second-order valence-electron chi connectivity index (χ2n) is 4.03. The van der Waals surface area contributed by atoms with Crippen LogP contribution in [0.5, 0.6) is 0 Å².